The lowest BCUT2D eigenvalue weighted by atomic mass is 10.0. The molecule has 5 nitrogen and oxygen atoms in total. The van der Waals surface area contributed by atoms with Gasteiger partial charge in [0.25, 0.3) is 0 Å². The fourth-order valence-corrected chi connectivity index (χ4v) is 2.27. The zero-order valence-electron chi connectivity index (χ0n) is 9.91. The normalized spacial score (nSPS) is 10.2. The fraction of sp³-hybridized carbons (Fsp3) is 0.0833. The third-order valence-corrected chi connectivity index (χ3v) is 3.07. The zero-order chi connectivity index (χ0) is 14.2. The first-order chi connectivity index (χ1) is 8.93. The largest absolute Gasteiger partial charge is 0.382 e. The van der Waals surface area contributed by atoms with E-state index in [0.717, 1.165) is 5.56 Å². The fourth-order valence-electron chi connectivity index (χ4n) is 1.70. The highest BCUT2D eigenvalue weighted by atomic mass is 79.9. The molecular weight excluding hydrogens is 313 g/mol. The van der Waals surface area contributed by atoms with Crippen molar-refractivity contribution in [1.82, 2.24) is 9.97 Å². The van der Waals surface area contributed by atoms with Crippen LogP contribution in [0.5, 0.6) is 0 Å². The van der Waals surface area contributed by atoms with E-state index in [1.807, 2.05) is 6.07 Å². The number of anilines is 2. The third-order valence-electron chi connectivity index (χ3n) is 2.49. The van der Waals surface area contributed by atoms with Crippen LogP contribution in [0.3, 0.4) is 0 Å². The molecule has 0 bridgehead atoms. The van der Waals surface area contributed by atoms with Crippen LogP contribution in [0.15, 0.2) is 16.6 Å². The van der Waals surface area contributed by atoms with Gasteiger partial charge in [0.2, 0.25) is 5.95 Å². The van der Waals surface area contributed by atoms with Crippen molar-refractivity contribution >= 4 is 27.7 Å². The molecule has 0 aliphatic carbocycles. The molecule has 1 aromatic heterocycles. The number of nitrogens with two attached hydrogens (primary N) is 2. The topological polar surface area (TPSA) is 102 Å². The van der Waals surface area contributed by atoms with Crippen molar-refractivity contribution in [1.29, 1.82) is 5.26 Å². The average Bonchev–Trinajstić information content (AvgIpc) is 2.33. The van der Waals surface area contributed by atoms with E-state index in [1.165, 1.54) is 0 Å². The van der Waals surface area contributed by atoms with Crippen molar-refractivity contribution in [3.63, 3.8) is 0 Å². The van der Waals surface area contributed by atoms with Crippen molar-refractivity contribution in [2.45, 2.75) is 6.92 Å². The van der Waals surface area contributed by atoms with E-state index in [4.69, 9.17) is 16.7 Å². The Morgan fingerprint density at radius 1 is 1.32 bits per heavy atom. The highest BCUT2D eigenvalue weighted by Gasteiger charge is 2.18. The molecule has 0 radical (unpaired) electrons. The highest BCUT2D eigenvalue weighted by molar-refractivity contribution is 9.10. The lowest BCUT2D eigenvalue weighted by Crippen LogP contribution is -2.06. The van der Waals surface area contributed by atoms with E-state index in [-0.39, 0.29) is 33.1 Å². The molecule has 0 unspecified atom stereocenters. The molecule has 19 heavy (non-hydrogen) atoms. The highest BCUT2D eigenvalue weighted by Crippen LogP contribution is 2.32. The van der Waals surface area contributed by atoms with E-state index in [1.54, 1.807) is 19.1 Å². The molecule has 0 aliphatic rings. The van der Waals surface area contributed by atoms with E-state index in [2.05, 4.69) is 25.9 Å². The van der Waals surface area contributed by atoms with Crippen molar-refractivity contribution in [3.05, 3.63) is 33.5 Å². The second-order valence-corrected chi connectivity index (χ2v) is 4.77. The molecule has 0 aliphatic heterocycles. The van der Waals surface area contributed by atoms with Gasteiger partial charge in [-0.25, -0.2) is 9.37 Å². The van der Waals surface area contributed by atoms with Gasteiger partial charge < -0.3 is 11.5 Å². The van der Waals surface area contributed by atoms with Crippen LogP contribution < -0.4 is 11.5 Å². The summed E-state index contributed by atoms with van der Waals surface area (Å²) in [6, 6.07) is 5.06. The van der Waals surface area contributed by atoms with E-state index in [0.29, 0.717) is 0 Å². The molecule has 0 spiro atoms. The summed E-state index contributed by atoms with van der Waals surface area (Å²) in [6.07, 6.45) is 0. The van der Waals surface area contributed by atoms with Gasteiger partial charge in [-0.3, -0.25) is 0 Å². The summed E-state index contributed by atoms with van der Waals surface area (Å²) in [4.78, 5) is 7.61. The number of nitriles is 1. The Balaban J connectivity index is 2.83. The first kappa shape index (κ1) is 13.2. The average molecular weight is 322 g/mol. The van der Waals surface area contributed by atoms with Crippen LogP contribution in [0.2, 0.25) is 0 Å². The predicted molar refractivity (Wildman–Crippen MR) is 73.4 cm³/mol. The lowest BCUT2D eigenvalue weighted by Gasteiger charge is -2.09. The number of benzene rings is 1. The minimum Gasteiger partial charge on any atom is -0.382 e. The Labute approximate surface area is 117 Å². The van der Waals surface area contributed by atoms with Crippen LogP contribution >= 0.6 is 15.9 Å². The summed E-state index contributed by atoms with van der Waals surface area (Å²) in [5.41, 5.74) is 12.2. The van der Waals surface area contributed by atoms with E-state index in [9.17, 15) is 4.39 Å². The van der Waals surface area contributed by atoms with Crippen molar-refractivity contribution in [2.75, 3.05) is 11.5 Å². The summed E-state index contributed by atoms with van der Waals surface area (Å²) in [7, 11) is 0. The number of rotatable bonds is 1. The molecule has 1 heterocycles. The van der Waals surface area contributed by atoms with Crippen molar-refractivity contribution < 1.29 is 4.39 Å². The van der Waals surface area contributed by atoms with Crippen LogP contribution in [0.1, 0.15) is 11.1 Å². The summed E-state index contributed by atoms with van der Waals surface area (Å²) < 4.78 is 14.4. The summed E-state index contributed by atoms with van der Waals surface area (Å²) in [6.45, 7) is 1.80. The molecule has 0 saturated carbocycles. The molecule has 1 aromatic carbocycles. The second kappa shape index (κ2) is 4.82. The zero-order valence-corrected chi connectivity index (χ0v) is 11.5. The van der Waals surface area contributed by atoms with Crippen LogP contribution in [0.25, 0.3) is 11.3 Å². The van der Waals surface area contributed by atoms with Gasteiger partial charge in [0.15, 0.2) is 0 Å². The maximum atomic E-state index is 14.1. The first-order valence-electron chi connectivity index (χ1n) is 5.23. The maximum Gasteiger partial charge on any atom is 0.222 e. The number of aromatic nitrogens is 2. The van der Waals surface area contributed by atoms with Crippen LogP contribution in [-0.4, -0.2) is 9.97 Å². The van der Waals surface area contributed by atoms with Gasteiger partial charge in [-0.2, -0.15) is 10.2 Å². The Kier molecular flexibility index (Phi) is 3.36. The number of nitrogens with zero attached hydrogens (tertiary/aromatic N) is 3. The van der Waals surface area contributed by atoms with Gasteiger partial charge in [-0.1, -0.05) is 0 Å². The number of hydrogen-bond donors (Lipinski definition) is 2. The molecule has 4 N–H and O–H groups in total. The van der Waals surface area contributed by atoms with E-state index < -0.39 is 5.82 Å². The molecular formula is C12H9BrFN5. The van der Waals surface area contributed by atoms with Gasteiger partial charge in [-0.05, 0) is 40.5 Å². The molecule has 0 amide bonds. The molecule has 0 saturated heterocycles. The van der Waals surface area contributed by atoms with E-state index >= 15 is 0 Å². The molecule has 7 heteroatoms. The minimum absolute atomic E-state index is 0.00519. The van der Waals surface area contributed by atoms with Gasteiger partial charge >= 0.3 is 0 Å². The summed E-state index contributed by atoms with van der Waals surface area (Å²) >= 11 is 3.11. The molecule has 96 valence electrons. The predicted octanol–water partition coefficient (Wildman–Crippen LogP) is 2.39. The summed E-state index contributed by atoms with van der Waals surface area (Å²) in [5.74, 6) is -0.704. The van der Waals surface area contributed by atoms with Gasteiger partial charge in [0.05, 0.1) is 10.2 Å². The third kappa shape index (κ3) is 2.35. The minimum atomic E-state index is -0.528. The van der Waals surface area contributed by atoms with Crippen molar-refractivity contribution in [2.24, 2.45) is 0 Å². The van der Waals surface area contributed by atoms with Crippen LogP contribution in [-0.2, 0) is 0 Å². The number of halogens is 2. The van der Waals surface area contributed by atoms with Gasteiger partial charge in [0.1, 0.15) is 23.3 Å². The Morgan fingerprint density at radius 2 is 2.00 bits per heavy atom. The van der Waals surface area contributed by atoms with Gasteiger partial charge in [0, 0.05) is 5.56 Å². The Bertz CT molecular complexity index is 708. The number of hydrogen-bond acceptors (Lipinski definition) is 5. The standard InChI is InChI=1S/C12H9BrFN5/c1-5-2-6(9(14)8(13)3-5)10-7(4-15)11(16)19-12(17)18-10/h2-3H,1H3,(H4,16,17,18,19). The quantitative estimate of drug-likeness (QED) is 0.839. The van der Waals surface area contributed by atoms with Crippen molar-refractivity contribution in [3.8, 4) is 17.3 Å². The molecule has 2 aromatic rings. The SMILES string of the molecule is Cc1cc(Br)c(F)c(-c2nc(N)nc(N)c2C#N)c1. The van der Waals surface area contributed by atoms with Crippen LogP contribution in [0, 0.1) is 24.1 Å². The maximum absolute atomic E-state index is 14.1. The molecule has 0 atom stereocenters. The lowest BCUT2D eigenvalue weighted by molar-refractivity contribution is 0.623. The Hall–Kier alpha value is -2.20. The smallest absolute Gasteiger partial charge is 0.222 e. The molecule has 2 rings (SSSR count). The van der Waals surface area contributed by atoms with Gasteiger partial charge in [-0.15, -0.1) is 0 Å². The monoisotopic (exact) mass is 321 g/mol. The first-order valence-corrected chi connectivity index (χ1v) is 6.02. The summed E-state index contributed by atoms with van der Waals surface area (Å²) in [5, 5.41) is 9.10. The second-order valence-electron chi connectivity index (χ2n) is 3.91. The Morgan fingerprint density at radius 3 is 2.63 bits per heavy atom. The number of nitrogen functional groups attached to an aromatic ring is 2. The van der Waals surface area contributed by atoms with Crippen LogP contribution in [0.4, 0.5) is 16.2 Å². The number of aryl methyl sites for hydroxylation is 1. The molecule has 0 fully saturated rings.